The molecule has 5 heteroatoms. The molecule has 0 spiro atoms. The molecule has 3 aromatic rings. The second-order valence-corrected chi connectivity index (χ2v) is 7.18. The summed E-state index contributed by atoms with van der Waals surface area (Å²) >= 11 is 6.01. The Morgan fingerprint density at radius 1 is 1.03 bits per heavy atom. The van der Waals surface area contributed by atoms with Gasteiger partial charge in [0.05, 0.1) is 0 Å². The third-order valence-corrected chi connectivity index (χ3v) is 5.31. The number of fused-ring (bicyclic) bond motifs is 3. The normalized spacial score (nSPS) is 12.6. The summed E-state index contributed by atoms with van der Waals surface area (Å²) in [7, 11) is 0. The van der Waals surface area contributed by atoms with Crippen LogP contribution in [0.4, 0.5) is 9.18 Å². The first-order valence-electron chi connectivity index (χ1n) is 9.34. The molecule has 4 rings (SSSR count). The molecule has 0 radical (unpaired) electrons. The molecule has 3 nitrogen and oxygen atoms in total. The van der Waals surface area contributed by atoms with E-state index in [1.165, 1.54) is 40.5 Å². The van der Waals surface area contributed by atoms with E-state index in [4.69, 9.17) is 16.3 Å². The molecular weight excluding hydrogens is 389 g/mol. The lowest BCUT2D eigenvalue weighted by Crippen LogP contribution is -2.26. The number of halogens is 2. The summed E-state index contributed by atoms with van der Waals surface area (Å²) in [6.07, 6.45) is 2.86. The van der Waals surface area contributed by atoms with Crippen molar-refractivity contribution in [2.24, 2.45) is 0 Å². The van der Waals surface area contributed by atoms with E-state index in [2.05, 4.69) is 29.6 Å². The molecule has 3 aromatic carbocycles. The van der Waals surface area contributed by atoms with Crippen molar-refractivity contribution in [1.82, 2.24) is 5.32 Å². The zero-order valence-electron chi connectivity index (χ0n) is 15.6. The Kier molecular flexibility index (Phi) is 5.63. The van der Waals surface area contributed by atoms with Gasteiger partial charge in [-0.3, -0.25) is 0 Å². The summed E-state index contributed by atoms with van der Waals surface area (Å²) in [5.74, 6) is -0.340. The van der Waals surface area contributed by atoms with Gasteiger partial charge in [0.25, 0.3) is 0 Å². The van der Waals surface area contributed by atoms with Crippen LogP contribution < -0.4 is 5.32 Å². The Bertz CT molecular complexity index is 1030. The molecule has 0 saturated carbocycles. The largest absolute Gasteiger partial charge is 0.449 e. The summed E-state index contributed by atoms with van der Waals surface area (Å²) in [5, 5.41) is 3.12. The van der Waals surface area contributed by atoms with Crippen molar-refractivity contribution in [1.29, 1.82) is 0 Å². The van der Waals surface area contributed by atoms with Crippen LogP contribution in [0.2, 0.25) is 5.02 Å². The average molecular weight is 408 g/mol. The number of nitrogens with one attached hydrogen (secondary N) is 1. The summed E-state index contributed by atoms with van der Waals surface area (Å²) in [6, 6.07) is 20.5. The van der Waals surface area contributed by atoms with E-state index < -0.39 is 6.09 Å². The van der Waals surface area contributed by atoms with Crippen molar-refractivity contribution in [3.05, 3.63) is 100 Å². The Morgan fingerprint density at radius 3 is 2.38 bits per heavy atom. The quantitative estimate of drug-likeness (QED) is 0.560. The standard InChI is InChI=1S/C24H19ClFNO2/c25-23-12-11-17(26)14-16(23)6-5-13-27-24(28)29-15-22-20-9-3-1-7-18(20)19-8-2-4-10-21(19)22/h1-12,14,22H,13,15H2,(H,27,28). The molecule has 0 saturated heterocycles. The number of benzene rings is 3. The first kappa shape index (κ1) is 19.2. The van der Waals surface area contributed by atoms with Crippen LogP contribution in [0, 0.1) is 5.82 Å². The number of rotatable bonds is 5. The molecule has 0 aromatic heterocycles. The first-order chi connectivity index (χ1) is 14.1. The van der Waals surface area contributed by atoms with Gasteiger partial charge in [0, 0.05) is 17.5 Å². The lowest BCUT2D eigenvalue weighted by molar-refractivity contribution is 0.144. The lowest BCUT2D eigenvalue weighted by atomic mass is 9.98. The first-order valence-corrected chi connectivity index (χ1v) is 9.71. The maximum absolute atomic E-state index is 13.3. The van der Waals surface area contributed by atoms with Crippen molar-refractivity contribution in [3.8, 4) is 11.1 Å². The molecule has 0 atom stereocenters. The fraction of sp³-hybridized carbons (Fsp3) is 0.125. The van der Waals surface area contributed by atoms with E-state index in [0.29, 0.717) is 10.6 Å². The van der Waals surface area contributed by atoms with Gasteiger partial charge in [0.15, 0.2) is 0 Å². The van der Waals surface area contributed by atoms with Crippen LogP contribution in [-0.2, 0) is 4.74 Å². The van der Waals surface area contributed by atoms with Gasteiger partial charge in [-0.15, -0.1) is 0 Å². The van der Waals surface area contributed by atoms with E-state index >= 15 is 0 Å². The molecule has 0 bridgehead atoms. The number of alkyl carbamates (subject to hydrolysis) is 1. The van der Waals surface area contributed by atoms with Crippen LogP contribution in [-0.4, -0.2) is 19.2 Å². The SMILES string of the molecule is O=C(NCC=Cc1cc(F)ccc1Cl)OCC1c2ccccc2-c2ccccc21. The van der Waals surface area contributed by atoms with Crippen molar-refractivity contribution in [2.45, 2.75) is 5.92 Å². The maximum Gasteiger partial charge on any atom is 0.407 e. The minimum Gasteiger partial charge on any atom is -0.449 e. The smallest absolute Gasteiger partial charge is 0.407 e. The third kappa shape index (κ3) is 4.17. The molecule has 0 unspecified atom stereocenters. The number of carbonyl (C=O) groups is 1. The highest BCUT2D eigenvalue weighted by molar-refractivity contribution is 6.32. The zero-order chi connectivity index (χ0) is 20.2. The molecule has 1 amide bonds. The average Bonchev–Trinajstić information content (AvgIpc) is 3.06. The van der Waals surface area contributed by atoms with E-state index in [9.17, 15) is 9.18 Å². The number of hydrogen-bond donors (Lipinski definition) is 1. The minimum atomic E-state index is -0.498. The van der Waals surface area contributed by atoms with Gasteiger partial charge in [-0.1, -0.05) is 72.3 Å². The van der Waals surface area contributed by atoms with E-state index in [0.717, 1.165) is 0 Å². The van der Waals surface area contributed by atoms with Gasteiger partial charge in [0.2, 0.25) is 0 Å². The van der Waals surface area contributed by atoms with Crippen molar-refractivity contribution in [3.63, 3.8) is 0 Å². The van der Waals surface area contributed by atoms with Crippen LogP contribution in [0.5, 0.6) is 0 Å². The summed E-state index contributed by atoms with van der Waals surface area (Å²) in [4.78, 5) is 12.1. The van der Waals surface area contributed by atoms with Crippen LogP contribution in [0.15, 0.2) is 72.8 Å². The Morgan fingerprint density at radius 2 is 1.69 bits per heavy atom. The van der Waals surface area contributed by atoms with Gasteiger partial charge < -0.3 is 10.1 Å². The monoisotopic (exact) mass is 407 g/mol. The minimum absolute atomic E-state index is 0.0230. The van der Waals surface area contributed by atoms with Crippen molar-refractivity contribution < 1.29 is 13.9 Å². The topological polar surface area (TPSA) is 38.3 Å². The second kappa shape index (κ2) is 8.50. The highest BCUT2D eigenvalue weighted by atomic mass is 35.5. The molecule has 1 aliphatic rings. The van der Waals surface area contributed by atoms with Gasteiger partial charge in [-0.2, -0.15) is 0 Å². The Hall–Kier alpha value is -3.11. The van der Waals surface area contributed by atoms with Crippen molar-refractivity contribution in [2.75, 3.05) is 13.2 Å². The second-order valence-electron chi connectivity index (χ2n) is 6.77. The molecule has 146 valence electrons. The molecule has 0 fully saturated rings. The molecule has 1 N–H and O–H groups in total. The van der Waals surface area contributed by atoms with Gasteiger partial charge >= 0.3 is 6.09 Å². The number of hydrogen-bond acceptors (Lipinski definition) is 2. The molecular formula is C24H19ClFNO2. The molecule has 0 heterocycles. The Labute approximate surface area is 173 Å². The van der Waals surface area contributed by atoms with Gasteiger partial charge in [-0.05, 0) is 46.0 Å². The summed E-state index contributed by atoms with van der Waals surface area (Å²) in [6.45, 7) is 0.517. The van der Waals surface area contributed by atoms with Crippen LogP contribution in [0.1, 0.15) is 22.6 Å². The zero-order valence-corrected chi connectivity index (χ0v) is 16.3. The fourth-order valence-electron chi connectivity index (χ4n) is 3.62. The summed E-state index contributed by atoms with van der Waals surface area (Å²) in [5.41, 5.74) is 5.27. The number of amides is 1. The summed E-state index contributed by atoms with van der Waals surface area (Å²) < 4.78 is 18.7. The van der Waals surface area contributed by atoms with E-state index in [-0.39, 0.29) is 24.9 Å². The van der Waals surface area contributed by atoms with Gasteiger partial charge in [0.1, 0.15) is 12.4 Å². The predicted molar refractivity (Wildman–Crippen MR) is 114 cm³/mol. The fourth-order valence-corrected chi connectivity index (χ4v) is 3.80. The predicted octanol–water partition coefficient (Wildman–Crippen LogP) is 6.03. The van der Waals surface area contributed by atoms with Gasteiger partial charge in [-0.25, -0.2) is 9.18 Å². The highest BCUT2D eigenvalue weighted by Crippen LogP contribution is 2.44. The maximum atomic E-state index is 13.3. The highest BCUT2D eigenvalue weighted by Gasteiger charge is 2.28. The molecule has 0 aliphatic heterocycles. The lowest BCUT2D eigenvalue weighted by Gasteiger charge is -2.14. The number of carbonyl (C=O) groups excluding carboxylic acids is 1. The number of ether oxygens (including phenoxy) is 1. The molecule has 29 heavy (non-hydrogen) atoms. The van der Waals surface area contributed by atoms with Crippen LogP contribution in [0.25, 0.3) is 17.2 Å². The Balaban J connectivity index is 1.34. The van der Waals surface area contributed by atoms with E-state index in [1.807, 2.05) is 24.3 Å². The van der Waals surface area contributed by atoms with E-state index in [1.54, 1.807) is 12.2 Å². The van der Waals surface area contributed by atoms with Crippen molar-refractivity contribution >= 4 is 23.8 Å². The third-order valence-electron chi connectivity index (χ3n) is 4.96. The van der Waals surface area contributed by atoms with Crippen LogP contribution >= 0.6 is 11.6 Å². The molecule has 1 aliphatic carbocycles. The van der Waals surface area contributed by atoms with Crippen LogP contribution in [0.3, 0.4) is 0 Å².